The van der Waals surface area contributed by atoms with Gasteiger partial charge in [-0.1, -0.05) is 12.2 Å². The summed E-state index contributed by atoms with van der Waals surface area (Å²) in [5, 5.41) is 20.9. The summed E-state index contributed by atoms with van der Waals surface area (Å²) in [6.45, 7) is 0. The predicted molar refractivity (Wildman–Crippen MR) is 35.4 cm³/mol. The maximum atomic E-state index is 10.4. The number of hydrogen-bond acceptors (Lipinski definition) is 4. The summed E-state index contributed by atoms with van der Waals surface area (Å²) in [5.41, 5.74) is 0. The van der Waals surface area contributed by atoms with Crippen LogP contribution in [-0.4, -0.2) is 11.9 Å². The van der Waals surface area contributed by atoms with Crippen molar-refractivity contribution in [1.29, 1.82) is 0 Å². The van der Waals surface area contributed by atoms with E-state index in [1.807, 2.05) is 0 Å². The molecule has 2 atom stereocenters. The minimum absolute atomic E-state index is 0.223. The molecular weight excluding hydrogens is 160 g/mol. The summed E-state index contributed by atoms with van der Waals surface area (Å²) in [6.07, 6.45) is 3.75. The van der Waals surface area contributed by atoms with E-state index in [1.165, 1.54) is 0 Å². The Morgan fingerprint density at radius 3 is 1.58 bits per heavy atom. The fourth-order valence-corrected chi connectivity index (χ4v) is 1.34. The van der Waals surface area contributed by atoms with Crippen LogP contribution in [0.3, 0.4) is 0 Å². The van der Waals surface area contributed by atoms with Crippen LogP contribution < -0.4 is 10.2 Å². The lowest BCUT2D eigenvalue weighted by Crippen LogP contribution is -2.44. The van der Waals surface area contributed by atoms with E-state index in [0.29, 0.717) is 0 Å². The van der Waals surface area contributed by atoms with Crippen LogP contribution in [0.5, 0.6) is 0 Å². The molecule has 4 heteroatoms. The maximum absolute atomic E-state index is 10.4. The highest BCUT2D eigenvalue weighted by Gasteiger charge is 2.24. The van der Waals surface area contributed by atoms with Crippen molar-refractivity contribution < 1.29 is 19.8 Å². The summed E-state index contributed by atoms with van der Waals surface area (Å²) in [4.78, 5) is 20.9. The van der Waals surface area contributed by atoms with Crippen LogP contribution in [-0.2, 0) is 9.59 Å². The fourth-order valence-electron chi connectivity index (χ4n) is 1.34. The molecule has 0 aromatic carbocycles. The van der Waals surface area contributed by atoms with E-state index in [4.69, 9.17) is 0 Å². The molecular formula is C8H8O4-2. The lowest BCUT2D eigenvalue weighted by Gasteiger charge is -2.29. The van der Waals surface area contributed by atoms with Gasteiger partial charge in [0.2, 0.25) is 0 Å². The molecule has 0 spiro atoms. The molecule has 0 heterocycles. The van der Waals surface area contributed by atoms with Gasteiger partial charge >= 0.3 is 0 Å². The highest BCUT2D eigenvalue weighted by atomic mass is 16.4. The number of carboxylic acid groups (broad SMARTS) is 2. The molecule has 0 saturated heterocycles. The molecule has 1 aliphatic carbocycles. The molecule has 0 N–H and O–H groups in total. The third-order valence-electron chi connectivity index (χ3n) is 2.04. The van der Waals surface area contributed by atoms with Gasteiger partial charge in [0.25, 0.3) is 0 Å². The molecule has 0 amide bonds. The zero-order chi connectivity index (χ0) is 9.14. The van der Waals surface area contributed by atoms with E-state index in [1.54, 1.807) is 12.2 Å². The van der Waals surface area contributed by atoms with Crippen molar-refractivity contribution >= 4 is 11.9 Å². The van der Waals surface area contributed by atoms with Gasteiger partial charge in [-0.05, 0) is 12.8 Å². The summed E-state index contributed by atoms with van der Waals surface area (Å²) in [5.74, 6) is -4.48. The highest BCUT2D eigenvalue weighted by Crippen LogP contribution is 2.24. The Balaban J connectivity index is 2.76. The van der Waals surface area contributed by atoms with Gasteiger partial charge in [-0.2, -0.15) is 0 Å². The van der Waals surface area contributed by atoms with Gasteiger partial charge < -0.3 is 19.8 Å². The van der Waals surface area contributed by atoms with Crippen LogP contribution in [0.2, 0.25) is 0 Å². The van der Waals surface area contributed by atoms with E-state index in [0.717, 1.165) is 0 Å². The second kappa shape index (κ2) is 3.38. The first kappa shape index (κ1) is 8.77. The minimum atomic E-state index is -1.31. The van der Waals surface area contributed by atoms with Crippen LogP contribution in [0.4, 0.5) is 0 Å². The van der Waals surface area contributed by atoms with E-state index in [-0.39, 0.29) is 12.8 Å². The van der Waals surface area contributed by atoms with Crippen LogP contribution >= 0.6 is 0 Å². The first-order valence-corrected chi connectivity index (χ1v) is 3.69. The second-order valence-electron chi connectivity index (χ2n) is 2.79. The van der Waals surface area contributed by atoms with Crippen molar-refractivity contribution in [2.75, 3.05) is 0 Å². The zero-order valence-electron chi connectivity index (χ0n) is 6.36. The van der Waals surface area contributed by atoms with Gasteiger partial charge in [-0.15, -0.1) is 0 Å². The Morgan fingerprint density at radius 1 is 1.00 bits per heavy atom. The van der Waals surface area contributed by atoms with E-state index in [2.05, 4.69) is 0 Å². The van der Waals surface area contributed by atoms with Gasteiger partial charge in [-0.25, -0.2) is 0 Å². The van der Waals surface area contributed by atoms with E-state index in [9.17, 15) is 19.8 Å². The number of carbonyl (C=O) groups excluding carboxylic acids is 2. The van der Waals surface area contributed by atoms with Crippen LogP contribution in [0, 0.1) is 11.8 Å². The standard InChI is InChI=1S/C8H10O4/c9-7(10)5-3-1-2-4-6(5)8(11)12/h1-2,5-6H,3-4H2,(H,9,10)(H,11,12)/p-2. The Morgan fingerprint density at radius 2 is 1.33 bits per heavy atom. The van der Waals surface area contributed by atoms with Crippen molar-refractivity contribution in [1.82, 2.24) is 0 Å². The molecule has 0 bridgehead atoms. The second-order valence-corrected chi connectivity index (χ2v) is 2.79. The third-order valence-corrected chi connectivity index (χ3v) is 2.04. The molecule has 0 saturated carbocycles. The van der Waals surface area contributed by atoms with Crippen molar-refractivity contribution in [3.05, 3.63) is 12.2 Å². The van der Waals surface area contributed by atoms with Gasteiger partial charge in [0.15, 0.2) is 0 Å². The highest BCUT2D eigenvalue weighted by molar-refractivity contribution is 5.78. The molecule has 4 nitrogen and oxygen atoms in total. The molecule has 1 aliphatic rings. The number of carbonyl (C=O) groups is 2. The Labute approximate surface area is 69.5 Å². The normalized spacial score (nSPS) is 28.3. The third kappa shape index (κ3) is 1.64. The maximum Gasteiger partial charge on any atom is 0.0455 e. The lowest BCUT2D eigenvalue weighted by atomic mass is 9.83. The SMILES string of the molecule is O=C([O-])C1CC=CCC1C(=O)[O-]. The zero-order valence-corrected chi connectivity index (χ0v) is 6.36. The first-order chi connectivity index (χ1) is 5.63. The van der Waals surface area contributed by atoms with Crippen LogP contribution in [0.25, 0.3) is 0 Å². The molecule has 66 valence electrons. The molecule has 0 aromatic heterocycles. The van der Waals surface area contributed by atoms with Gasteiger partial charge in [-0.3, -0.25) is 0 Å². The van der Waals surface area contributed by atoms with E-state index >= 15 is 0 Å². The van der Waals surface area contributed by atoms with Crippen molar-refractivity contribution in [2.24, 2.45) is 11.8 Å². The minimum Gasteiger partial charge on any atom is -0.550 e. The quantitative estimate of drug-likeness (QED) is 0.449. The largest absolute Gasteiger partial charge is 0.550 e. The van der Waals surface area contributed by atoms with Crippen LogP contribution in [0.15, 0.2) is 12.2 Å². The van der Waals surface area contributed by atoms with Crippen molar-refractivity contribution in [2.45, 2.75) is 12.8 Å². The summed E-state index contributed by atoms with van der Waals surface area (Å²) < 4.78 is 0. The molecule has 0 fully saturated rings. The molecule has 1 rings (SSSR count). The Hall–Kier alpha value is -1.32. The summed E-state index contributed by atoms with van der Waals surface area (Å²) in [7, 11) is 0. The lowest BCUT2D eigenvalue weighted by molar-refractivity contribution is -0.326. The Kier molecular flexibility index (Phi) is 2.47. The number of rotatable bonds is 2. The first-order valence-electron chi connectivity index (χ1n) is 3.69. The average Bonchev–Trinajstić information content (AvgIpc) is 2.04. The predicted octanol–water partition coefficient (Wildman–Crippen LogP) is -1.93. The summed E-state index contributed by atoms with van der Waals surface area (Å²) in [6, 6.07) is 0. The summed E-state index contributed by atoms with van der Waals surface area (Å²) >= 11 is 0. The molecule has 0 aliphatic heterocycles. The van der Waals surface area contributed by atoms with Crippen molar-refractivity contribution in [3.8, 4) is 0 Å². The molecule has 0 aromatic rings. The number of carboxylic acids is 2. The van der Waals surface area contributed by atoms with Crippen molar-refractivity contribution in [3.63, 3.8) is 0 Å². The van der Waals surface area contributed by atoms with Crippen LogP contribution in [0.1, 0.15) is 12.8 Å². The van der Waals surface area contributed by atoms with Gasteiger partial charge in [0, 0.05) is 23.8 Å². The smallest absolute Gasteiger partial charge is 0.0455 e. The van der Waals surface area contributed by atoms with E-state index < -0.39 is 23.8 Å². The monoisotopic (exact) mass is 168 g/mol. The number of allylic oxidation sites excluding steroid dienone is 2. The molecule has 12 heavy (non-hydrogen) atoms. The number of hydrogen-bond donors (Lipinski definition) is 0. The van der Waals surface area contributed by atoms with Gasteiger partial charge in [0.1, 0.15) is 0 Å². The Bertz CT molecular complexity index is 207. The molecule has 2 unspecified atom stereocenters. The number of aliphatic carboxylic acids is 2. The fraction of sp³-hybridized carbons (Fsp3) is 0.500. The van der Waals surface area contributed by atoms with Gasteiger partial charge in [0.05, 0.1) is 0 Å². The average molecular weight is 168 g/mol. The molecule has 0 radical (unpaired) electrons. The topological polar surface area (TPSA) is 80.3 Å².